The van der Waals surface area contributed by atoms with Gasteiger partial charge in [0.2, 0.25) is 0 Å². The molecule has 1 unspecified atom stereocenters. The number of carbonyl (C=O) groups is 1. The van der Waals surface area contributed by atoms with E-state index in [2.05, 4.69) is 17.6 Å². The molecule has 0 saturated heterocycles. The Morgan fingerprint density at radius 2 is 2.06 bits per heavy atom. The number of hydrogen-bond donors (Lipinski definition) is 3. The molecule has 1 aromatic rings. The van der Waals surface area contributed by atoms with Gasteiger partial charge in [-0.15, -0.1) is 0 Å². The maximum atomic E-state index is 11.8. The van der Waals surface area contributed by atoms with Gasteiger partial charge in [0, 0.05) is 18.3 Å². The van der Waals surface area contributed by atoms with Gasteiger partial charge in [-0.3, -0.25) is 0 Å². The molecule has 0 bridgehead atoms. The lowest BCUT2D eigenvalue weighted by molar-refractivity contribution is 0.222. The van der Waals surface area contributed by atoms with Crippen LogP contribution in [0.15, 0.2) is 24.3 Å². The zero-order valence-electron chi connectivity index (χ0n) is 10.8. The van der Waals surface area contributed by atoms with Crippen LogP contribution in [-0.2, 0) is 6.54 Å². The standard InChI is InChI=1S/C14H21N3O/c1-10(12-3-2-4-12)16-14(18)17-13-7-5-11(9-15)6-8-13/h5-8,10,12H,2-4,9,15H2,1H3,(H2,16,17,18). The number of anilines is 1. The van der Waals surface area contributed by atoms with E-state index in [4.69, 9.17) is 5.73 Å². The molecule has 1 fully saturated rings. The summed E-state index contributed by atoms with van der Waals surface area (Å²) in [5.41, 5.74) is 7.38. The lowest BCUT2D eigenvalue weighted by atomic mass is 9.80. The molecular weight excluding hydrogens is 226 g/mol. The monoisotopic (exact) mass is 247 g/mol. The second-order valence-corrected chi connectivity index (χ2v) is 4.98. The van der Waals surface area contributed by atoms with Crippen LogP contribution in [0.2, 0.25) is 0 Å². The molecule has 0 spiro atoms. The number of amides is 2. The van der Waals surface area contributed by atoms with Gasteiger partial charge in [0.25, 0.3) is 0 Å². The van der Waals surface area contributed by atoms with Crippen LogP contribution in [0.25, 0.3) is 0 Å². The molecule has 0 heterocycles. The second-order valence-electron chi connectivity index (χ2n) is 4.98. The van der Waals surface area contributed by atoms with Crippen LogP contribution in [0.4, 0.5) is 10.5 Å². The van der Waals surface area contributed by atoms with Gasteiger partial charge in [-0.25, -0.2) is 4.79 Å². The van der Waals surface area contributed by atoms with Crippen molar-refractivity contribution in [2.45, 2.75) is 38.8 Å². The van der Waals surface area contributed by atoms with Crippen molar-refractivity contribution in [2.24, 2.45) is 11.7 Å². The zero-order chi connectivity index (χ0) is 13.0. The summed E-state index contributed by atoms with van der Waals surface area (Å²) in [6.45, 7) is 2.59. The first-order valence-corrected chi connectivity index (χ1v) is 6.55. The van der Waals surface area contributed by atoms with E-state index in [9.17, 15) is 4.79 Å². The Morgan fingerprint density at radius 1 is 1.39 bits per heavy atom. The Balaban J connectivity index is 1.82. The first-order chi connectivity index (χ1) is 8.69. The highest BCUT2D eigenvalue weighted by Gasteiger charge is 2.24. The van der Waals surface area contributed by atoms with Gasteiger partial charge in [0.05, 0.1) is 0 Å². The van der Waals surface area contributed by atoms with Crippen LogP contribution < -0.4 is 16.4 Å². The van der Waals surface area contributed by atoms with E-state index >= 15 is 0 Å². The number of urea groups is 1. The van der Waals surface area contributed by atoms with E-state index in [-0.39, 0.29) is 12.1 Å². The highest BCUT2D eigenvalue weighted by molar-refractivity contribution is 5.89. The molecule has 1 aromatic carbocycles. The topological polar surface area (TPSA) is 67.2 Å². The molecule has 0 aliphatic heterocycles. The molecule has 1 aliphatic rings. The summed E-state index contributed by atoms with van der Waals surface area (Å²) in [5, 5.41) is 5.82. The molecule has 0 aromatic heterocycles. The fourth-order valence-corrected chi connectivity index (χ4v) is 2.16. The first-order valence-electron chi connectivity index (χ1n) is 6.55. The molecule has 2 rings (SSSR count). The van der Waals surface area contributed by atoms with Crippen molar-refractivity contribution in [3.05, 3.63) is 29.8 Å². The molecule has 2 amide bonds. The predicted molar refractivity (Wildman–Crippen MR) is 73.3 cm³/mol. The van der Waals surface area contributed by atoms with Crippen LogP contribution in [0.1, 0.15) is 31.7 Å². The van der Waals surface area contributed by atoms with Gasteiger partial charge < -0.3 is 16.4 Å². The fourth-order valence-electron chi connectivity index (χ4n) is 2.16. The summed E-state index contributed by atoms with van der Waals surface area (Å²) in [6.07, 6.45) is 3.75. The number of carbonyl (C=O) groups excluding carboxylic acids is 1. The van der Waals surface area contributed by atoms with Crippen LogP contribution in [-0.4, -0.2) is 12.1 Å². The molecule has 1 atom stereocenters. The van der Waals surface area contributed by atoms with Crippen molar-refractivity contribution >= 4 is 11.7 Å². The Bertz CT molecular complexity index is 398. The molecular formula is C14H21N3O. The van der Waals surface area contributed by atoms with Gasteiger partial charge in [-0.05, 0) is 43.4 Å². The SMILES string of the molecule is CC(NC(=O)Nc1ccc(CN)cc1)C1CCC1. The first kappa shape index (κ1) is 12.9. The van der Waals surface area contributed by atoms with Crippen LogP contribution in [0, 0.1) is 5.92 Å². The van der Waals surface area contributed by atoms with Crippen molar-refractivity contribution < 1.29 is 4.79 Å². The number of nitrogens with one attached hydrogen (secondary N) is 2. The lowest BCUT2D eigenvalue weighted by Crippen LogP contribution is -2.42. The van der Waals surface area contributed by atoms with Gasteiger partial charge in [-0.1, -0.05) is 18.6 Å². The smallest absolute Gasteiger partial charge is 0.319 e. The normalized spacial score (nSPS) is 16.8. The highest BCUT2D eigenvalue weighted by atomic mass is 16.2. The van der Waals surface area contributed by atoms with E-state index in [0.717, 1.165) is 11.3 Å². The minimum atomic E-state index is -0.130. The summed E-state index contributed by atoms with van der Waals surface area (Å²) in [5.74, 6) is 0.648. The number of hydrogen-bond acceptors (Lipinski definition) is 2. The second kappa shape index (κ2) is 5.87. The minimum Gasteiger partial charge on any atom is -0.335 e. The van der Waals surface area contributed by atoms with E-state index in [1.54, 1.807) is 0 Å². The maximum absolute atomic E-state index is 11.8. The highest BCUT2D eigenvalue weighted by Crippen LogP contribution is 2.29. The van der Waals surface area contributed by atoms with Gasteiger partial charge in [-0.2, -0.15) is 0 Å². The molecule has 18 heavy (non-hydrogen) atoms. The molecule has 1 saturated carbocycles. The van der Waals surface area contributed by atoms with Crippen LogP contribution >= 0.6 is 0 Å². The number of rotatable bonds is 4. The van der Waals surface area contributed by atoms with Crippen molar-refractivity contribution in [1.82, 2.24) is 5.32 Å². The lowest BCUT2D eigenvalue weighted by Gasteiger charge is -2.31. The molecule has 0 radical (unpaired) electrons. The summed E-state index contributed by atoms with van der Waals surface area (Å²) in [4.78, 5) is 11.8. The molecule has 98 valence electrons. The van der Waals surface area contributed by atoms with Crippen molar-refractivity contribution in [2.75, 3.05) is 5.32 Å². The predicted octanol–water partition coefficient (Wildman–Crippen LogP) is 2.46. The van der Waals surface area contributed by atoms with Crippen LogP contribution in [0.5, 0.6) is 0 Å². The molecule has 4 nitrogen and oxygen atoms in total. The third-order valence-corrected chi connectivity index (χ3v) is 3.66. The largest absolute Gasteiger partial charge is 0.335 e. The third-order valence-electron chi connectivity index (χ3n) is 3.66. The van der Waals surface area contributed by atoms with Gasteiger partial charge in [0.1, 0.15) is 0 Å². The van der Waals surface area contributed by atoms with Crippen molar-refractivity contribution in [1.29, 1.82) is 0 Å². The summed E-state index contributed by atoms with van der Waals surface area (Å²) < 4.78 is 0. The average Bonchev–Trinajstić information content (AvgIpc) is 2.27. The summed E-state index contributed by atoms with van der Waals surface area (Å²) in [7, 11) is 0. The number of benzene rings is 1. The maximum Gasteiger partial charge on any atom is 0.319 e. The Morgan fingerprint density at radius 3 is 2.56 bits per heavy atom. The summed E-state index contributed by atoms with van der Waals surface area (Å²) >= 11 is 0. The van der Waals surface area contributed by atoms with E-state index in [1.807, 2.05) is 24.3 Å². The average molecular weight is 247 g/mol. The van der Waals surface area contributed by atoms with Crippen molar-refractivity contribution in [3.63, 3.8) is 0 Å². The Labute approximate surface area is 108 Å². The quantitative estimate of drug-likeness (QED) is 0.765. The van der Waals surface area contributed by atoms with E-state index in [0.29, 0.717) is 12.5 Å². The molecule has 1 aliphatic carbocycles. The van der Waals surface area contributed by atoms with Crippen LogP contribution in [0.3, 0.4) is 0 Å². The zero-order valence-corrected chi connectivity index (χ0v) is 10.8. The number of nitrogens with two attached hydrogens (primary N) is 1. The van der Waals surface area contributed by atoms with Gasteiger partial charge >= 0.3 is 6.03 Å². The third kappa shape index (κ3) is 3.23. The minimum absolute atomic E-state index is 0.130. The van der Waals surface area contributed by atoms with Gasteiger partial charge in [0.15, 0.2) is 0 Å². The molecule has 4 N–H and O–H groups in total. The van der Waals surface area contributed by atoms with E-state index in [1.165, 1.54) is 19.3 Å². The van der Waals surface area contributed by atoms with E-state index < -0.39 is 0 Å². The molecule has 4 heteroatoms. The fraction of sp³-hybridized carbons (Fsp3) is 0.500. The Hall–Kier alpha value is -1.55. The van der Waals surface area contributed by atoms with Crippen molar-refractivity contribution in [3.8, 4) is 0 Å². The summed E-state index contributed by atoms with van der Waals surface area (Å²) in [6, 6.07) is 7.71. The Kier molecular flexibility index (Phi) is 4.20.